The number of benzene rings is 1. The molecule has 1 heterocycles. The normalized spacial score (nSPS) is 26.6. The lowest BCUT2D eigenvalue weighted by molar-refractivity contribution is -0.139. The van der Waals surface area contributed by atoms with Crippen molar-refractivity contribution in [2.45, 2.75) is 79.1 Å². The van der Waals surface area contributed by atoms with Crippen LogP contribution in [0.25, 0.3) is 0 Å². The predicted octanol–water partition coefficient (Wildman–Crippen LogP) is 0.361. The Labute approximate surface area is 242 Å². The number of aliphatic hydroxyl groups is 1. The van der Waals surface area contributed by atoms with Crippen LogP contribution in [0.3, 0.4) is 0 Å². The van der Waals surface area contributed by atoms with Crippen molar-refractivity contribution in [2.75, 3.05) is 19.6 Å². The van der Waals surface area contributed by atoms with Crippen molar-refractivity contribution in [1.29, 1.82) is 0 Å². The van der Waals surface area contributed by atoms with Crippen molar-refractivity contribution in [3.63, 3.8) is 0 Å². The Hall–Kier alpha value is -3.47. The maximum atomic E-state index is 13.6. The number of nitrogens with zero attached hydrogens (tertiary/aromatic N) is 1. The number of carbonyl (C=O) groups is 5. The molecule has 2 aliphatic rings. The smallest absolute Gasteiger partial charge is 0.245 e. The Morgan fingerprint density at radius 3 is 2.05 bits per heavy atom. The molecule has 0 unspecified atom stereocenters. The highest BCUT2D eigenvalue weighted by Gasteiger charge is 2.68. The average molecular weight is 572 g/mol. The molecule has 11 heteroatoms. The monoisotopic (exact) mass is 571 g/mol. The SMILES string of the molecule is CC(C)[C@H]1NC(=O)CN(C(=O)C2C(C)(C)C2(C)C)CCNC(=O)[C@H]([C@@H](C)O)NC(=O)[C@H](Cc2ccccc2)NC1=O. The van der Waals surface area contributed by atoms with Crippen molar-refractivity contribution < 1.29 is 29.1 Å². The molecule has 11 nitrogen and oxygen atoms in total. The van der Waals surface area contributed by atoms with Crippen LogP contribution in [0.2, 0.25) is 0 Å². The summed E-state index contributed by atoms with van der Waals surface area (Å²) in [5.74, 6) is -3.22. The Balaban J connectivity index is 1.93. The summed E-state index contributed by atoms with van der Waals surface area (Å²) in [6.07, 6.45) is -1.11. The van der Waals surface area contributed by atoms with Crippen LogP contribution in [-0.2, 0) is 30.4 Å². The van der Waals surface area contributed by atoms with Crippen LogP contribution in [0.5, 0.6) is 0 Å². The Morgan fingerprint density at radius 2 is 1.51 bits per heavy atom. The first-order valence-electron chi connectivity index (χ1n) is 14.3. The summed E-state index contributed by atoms with van der Waals surface area (Å²) in [6, 6.07) is 5.71. The minimum atomic E-state index is -1.30. The van der Waals surface area contributed by atoms with Gasteiger partial charge in [-0.15, -0.1) is 0 Å². The average Bonchev–Trinajstić information content (AvgIpc) is 3.31. The van der Waals surface area contributed by atoms with E-state index < -0.39 is 47.9 Å². The summed E-state index contributed by atoms with van der Waals surface area (Å²) in [4.78, 5) is 68.1. The van der Waals surface area contributed by atoms with E-state index in [0.717, 1.165) is 5.56 Å². The first-order chi connectivity index (χ1) is 19.1. The fourth-order valence-corrected chi connectivity index (χ4v) is 5.59. The standard InChI is InChI=1S/C30H45N5O6/c1-17(2)22-27(40)32-20(15-19-11-9-8-10-12-19)25(38)34-23(18(3)36)26(39)31-13-14-35(16-21(37)33-22)28(41)24-29(4,5)30(24,6)7/h8-12,17-18,20,22-24,36H,13-16H2,1-7H3,(H,31,39)(H,32,40)(H,33,37)(H,34,38)/t18-,20+,22-,23+/m1/s1. The lowest BCUT2D eigenvalue weighted by Crippen LogP contribution is -2.60. The molecule has 226 valence electrons. The van der Waals surface area contributed by atoms with Gasteiger partial charge in [-0.1, -0.05) is 71.9 Å². The lowest BCUT2D eigenvalue weighted by atomic mass is 10.0. The summed E-state index contributed by atoms with van der Waals surface area (Å²) in [5, 5.41) is 21.1. The van der Waals surface area contributed by atoms with Gasteiger partial charge < -0.3 is 31.3 Å². The van der Waals surface area contributed by atoms with Crippen LogP contribution in [0.4, 0.5) is 0 Å². The zero-order valence-corrected chi connectivity index (χ0v) is 25.1. The van der Waals surface area contributed by atoms with Crippen LogP contribution in [0.1, 0.15) is 54.0 Å². The third-order valence-corrected chi connectivity index (χ3v) is 8.84. The number of hydrogen-bond donors (Lipinski definition) is 5. The highest BCUT2D eigenvalue weighted by Crippen LogP contribution is 2.68. The summed E-state index contributed by atoms with van der Waals surface area (Å²) in [7, 11) is 0. The van der Waals surface area contributed by atoms with E-state index in [1.54, 1.807) is 13.8 Å². The van der Waals surface area contributed by atoms with Crippen molar-refractivity contribution in [1.82, 2.24) is 26.2 Å². The van der Waals surface area contributed by atoms with Crippen LogP contribution in [0, 0.1) is 22.7 Å². The highest BCUT2D eigenvalue weighted by atomic mass is 16.3. The third-order valence-electron chi connectivity index (χ3n) is 8.84. The molecule has 1 saturated heterocycles. The molecule has 1 aromatic carbocycles. The molecular formula is C30H45N5O6. The zero-order chi connectivity index (χ0) is 30.7. The van der Waals surface area contributed by atoms with Crippen LogP contribution in [-0.4, -0.2) is 83.4 Å². The third kappa shape index (κ3) is 7.25. The van der Waals surface area contributed by atoms with Crippen molar-refractivity contribution in [3.05, 3.63) is 35.9 Å². The van der Waals surface area contributed by atoms with Gasteiger partial charge in [0, 0.05) is 25.4 Å². The fourth-order valence-electron chi connectivity index (χ4n) is 5.59. The van der Waals surface area contributed by atoms with E-state index in [1.807, 2.05) is 58.0 Å². The number of carbonyl (C=O) groups excluding carboxylic acids is 5. The number of hydrogen-bond acceptors (Lipinski definition) is 6. The summed E-state index contributed by atoms with van der Waals surface area (Å²) < 4.78 is 0. The van der Waals surface area contributed by atoms with E-state index in [-0.39, 0.29) is 54.6 Å². The molecule has 0 aromatic heterocycles. The fraction of sp³-hybridized carbons (Fsp3) is 0.633. The van der Waals surface area contributed by atoms with Crippen molar-refractivity contribution in [2.24, 2.45) is 22.7 Å². The van der Waals surface area contributed by atoms with Gasteiger partial charge in [0.25, 0.3) is 0 Å². The molecule has 0 bridgehead atoms. The Bertz CT molecular complexity index is 1140. The van der Waals surface area contributed by atoms with E-state index in [4.69, 9.17) is 0 Å². The molecule has 1 aromatic rings. The molecule has 1 saturated carbocycles. The molecule has 4 atom stereocenters. The van der Waals surface area contributed by atoms with Gasteiger partial charge in [0.2, 0.25) is 29.5 Å². The molecular weight excluding hydrogens is 526 g/mol. The highest BCUT2D eigenvalue weighted by molar-refractivity contribution is 5.95. The molecule has 0 radical (unpaired) electrons. The maximum absolute atomic E-state index is 13.6. The Morgan fingerprint density at radius 1 is 0.902 bits per heavy atom. The van der Waals surface area contributed by atoms with Gasteiger partial charge in [-0.2, -0.15) is 0 Å². The van der Waals surface area contributed by atoms with E-state index >= 15 is 0 Å². The van der Waals surface area contributed by atoms with Gasteiger partial charge in [0.15, 0.2) is 0 Å². The van der Waals surface area contributed by atoms with E-state index in [0.29, 0.717) is 0 Å². The molecule has 3 rings (SSSR count). The largest absolute Gasteiger partial charge is 0.391 e. The number of aliphatic hydroxyl groups excluding tert-OH is 1. The van der Waals surface area contributed by atoms with Gasteiger partial charge in [-0.05, 0) is 29.2 Å². The van der Waals surface area contributed by atoms with Crippen LogP contribution in [0.15, 0.2) is 30.3 Å². The van der Waals surface area contributed by atoms with Crippen LogP contribution >= 0.6 is 0 Å². The minimum absolute atomic E-state index is 0.00273. The van der Waals surface area contributed by atoms with E-state index in [2.05, 4.69) is 21.3 Å². The molecule has 1 aliphatic carbocycles. The van der Waals surface area contributed by atoms with Gasteiger partial charge in [-0.25, -0.2) is 0 Å². The summed E-state index contributed by atoms with van der Waals surface area (Å²) in [6.45, 7) is 12.7. The topological polar surface area (TPSA) is 157 Å². The van der Waals surface area contributed by atoms with Crippen molar-refractivity contribution >= 4 is 29.5 Å². The van der Waals surface area contributed by atoms with Gasteiger partial charge in [-0.3, -0.25) is 24.0 Å². The first-order valence-corrected chi connectivity index (χ1v) is 14.3. The quantitative estimate of drug-likeness (QED) is 0.344. The molecule has 5 N–H and O–H groups in total. The predicted molar refractivity (Wildman–Crippen MR) is 153 cm³/mol. The number of rotatable bonds is 5. The van der Waals surface area contributed by atoms with Crippen LogP contribution < -0.4 is 21.3 Å². The summed E-state index contributed by atoms with van der Waals surface area (Å²) >= 11 is 0. The number of nitrogens with one attached hydrogen (secondary N) is 4. The van der Waals surface area contributed by atoms with Gasteiger partial charge >= 0.3 is 0 Å². The second kappa shape index (κ2) is 12.6. The molecule has 41 heavy (non-hydrogen) atoms. The lowest BCUT2D eigenvalue weighted by Gasteiger charge is -2.27. The Kier molecular flexibility index (Phi) is 9.84. The molecule has 1 aliphatic heterocycles. The molecule has 2 fully saturated rings. The zero-order valence-electron chi connectivity index (χ0n) is 25.1. The summed E-state index contributed by atoms with van der Waals surface area (Å²) in [5.41, 5.74) is 0.238. The van der Waals surface area contributed by atoms with E-state index in [1.165, 1.54) is 11.8 Å². The minimum Gasteiger partial charge on any atom is -0.391 e. The van der Waals surface area contributed by atoms with Gasteiger partial charge in [0.1, 0.15) is 18.1 Å². The van der Waals surface area contributed by atoms with Crippen molar-refractivity contribution in [3.8, 4) is 0 Å². The second-order valence-corrected chi connectivity index (χ2v) is 12.7. The van der Waals surface area contributed by atoms with E-state index in [9.17, 15) is 29.1 Å². The molecule has 5 amide bonds. The maximum Gasteiger partial charge on any atom is 0.245 e. The molecule has 0 spiro atoms. The first kappa shape index (κ1) is 32.0. The number of amides is 5. The second-order valence-electron chi connectivity index (χ2n) is 12.7. The van der Waals surface area contributed by atoms with Gasteiger partial charge in [0.05, 0.1) is 12.6 Å².